The third-order valence-electron chi connectivity index (χ3n) is 12.4. The van der Waals surface area contributed by atoms with Gasteiger partial charge in [0.25, 0.3) is 11.8 Å². The lowest BCUT2D eigenvalue weighted by Crippen LogP contribution is -2.54. The van der Waals surface area contributed by atoms with Crippen molar-refractivity contribution in [3.8, 4) is 5.75 Å². The maximum absolute atomic E-state index is 13.5. The van der Waals surface area contributed by atoms with E-state index in [-0.39, 0.29) is 60.9 Å². The normalized spacial score (nSPS) is 17.4. The van der Waals surface area contributed by atoms with Crippen molar-refractivity contribution in [2.75, 3.05) is 75.1 Å². The van der Waals surface area contributed by atoms with Crippen LogP contribution in [0.3, 0.4) is 0 Å². The van der Waals surface area contributed by atoms with E-state index in [1.165, 1.54) is 17.8 Å². The highest BCUT2D eigenvalue weighted by atomic mass is 35.5. The molecule has 5 N–H and O–H groups in total. The first-order chi connectivity index (χ1) is 33.5. The third kappa shape index (κ3) is 12.4. The number of imide groups is 2. The predicted octanol–water partition coefficient (Wildman–Crippen LogP) is 6.04. The summed E-state index contributed by atoms with van der Waals surface area (Å²) in [5, 5.41) is 14.6. The number of halogens is 1. The number of hydrogen-bond donors (Lipinski definition) is 5. The molecule has 0 bridgehead atoms. The summed E-state index contributed by atoms with van der Waals surface area (Å²) in [5.74, 6) is 3.03. The largest absolute Gasteiger partial charge is 0.489 e. The fraction of sp³-hybridized carbons (Fsp3) is 0.440. The molecule has 2 saturated heterocycles. The second kappa shape index (κ2) is 23.2. The highest BCUT2D eigenvalue weighted by Crippen LogP contribution is 2.39. The van der Waals surface area contributed by atoms with Gasteiger partial charge in [-0.3, -0.25) is 38.4 Å². The summed E-state index contributed by atoms with van der Waals surface area (Å²) in [7, 11) is -2.59. The Morgan fingerprint density at radius 2 is 1.64 bits per heavy atom. The van der Waals surface area contributed by atoms with E-state index in [9.17, 15) is 28.2 Å². The molecule has 5 amide bonds. The van der Waals surface area contributed by atoms with E-state index in [1.807, 2.05) is 52.0 Å². The van der Waals surface area contributed by atoms with E-state index in [0.29, 0.717) is 64.5 Å². The molecule has 18 nitrogen and oxygen atoms in total. The van der Waals surface area contributed by atoms with Crippen molar-refractivity contribution in [1.82, 2.24) is 30.4 Å². The zero-order valence-electron chi connectivity index (χ0n) is 40.2. The quantitative estimate of drug-likeness (QED) is 0.0344. The molecule has 374 valence electrons. The number of nitrogens with zero attached hydrogens (tertiary/aromatic N) is 4. The smallest absolute Gasteiger partial charge is 0.264 e. The van der Waals surface area contributed by atoms with Crippen LogP contribution in [-0.4, -0.2) is 136 Å². The minimum Gasteiger partial charge on any atom is -0.489 e. The van der Waals surface area contributed by atoms with Crippen LogP contribution in [0.2, 0.25) is 5.02 Å². The van der Waals surface area contributed by atoms with Gasteiger partial charge in [-0.05, 0) is 112 Å². The molecule has 20 heteroatoms. The van der Waals surface area contributed by atoms with E-state index in [2.05, 4.69) is 61.4 Å². The van der Waals surface area contributed by atoms with Crippen molar-refractivity contribution >= 4 is 85.4 Å². The van der Waals surface area contributed by atoms with Gasteiger partial charge in [-0.1, -0.05) is 43.6 Å². The molecule has 0 saturated carbocycles. The number of rotatable bonds is 22. The van der Waals surface area contributed by atoms with Crippen molar-refractivity contribution < 1.29 is 42.4 Å². The number of fused-ring (bicyclic) bond motifs is 1. The fourth-order valence-corrected chi connectivity index (χ4v) is 10.1. The number of nitrogens with one attached hydrogen (secondary N) is 5. The van der Waals surface area contributed by atoms with Crippen LogP contribution in [-0.2, 0) is 33.4 Å². The molecule has 4 aromatic rings. The Morgan fingerprint density at radius 3 is 2.37 bits per heavy atom. The Hall–Kier alpha value is -6.12. The second-order valence-corrected chi connectivity index (χ2v) is 21.2. The van der Waals surface area contributed by atoms with Crippen LogP contribution in [0.1, 0.15) is 91.1 Å². The molecule has 2 atom stereocenters. The summed E-state index contributed by atoms with van der Waals surface area (Å²) >= 11 is 6.57. The number of carbonyl (C=O) groups is 5. The number of carbonyl (C=O) groups excluding carboxylic acids is 5. The Kier molecular flexibility index (Phi) is 17.1. The molecule has 0 aliphatic carbocycles. The Balaban J connectivity index is 0.809. The minimum absolute atomic E-state index is 0.0230. The van der Waals surface area contributed by atoms with Crippen molar-refractivity contribution in [2.24, 2.45) is 0 Å². The number of aromatic nitrogens is 2. The van der Waals surface area contributed by atoms with E-state index >= 15 is 0 Å². The molecule has 0 radical (unpaired) electrons. The van der Waals surface area contributed by atoms with Crippen LogP contribution in [0.4, 0.5) is 28.8 Å². The Morgan fingerprint density at radius 1 is 0.914 bits per heavy atom. The molecule has 1 aromatic heterocycles. The molecule has 2 unspecified atom stereocenters. The highest BCUT2D eigenvalue weighted by Gasteiger charge is 2.45. The van der Waals surface area contributed by atoms with Gasteiger partial charge in [0, 0.05) is 40.0 Å². The molecule has 4 heterocycles. The van der Waals surface area contributed by atoms with Crippen LogP contribution >= 0.6 is 11.6 Å². The molecule has 2 fully saturated rings. The number of piperidine rings is 2. The van der Waals surface area contributed by atoms with Crippen LogP contribution in [0.25, 0.3) is 0 Å². The number of likely N-dealkylation sites (tertiary alicyclic amines) is 1. The van der Waals surface area contributed by atoms with Gasteiger partial charge in [0.1, 0.15) is 16.8 Å². The topological polar surface area (TPSA) is 223 Å². The van der Waals surface area contributed by atoms with Crippen LogP contribution in [0.15, 0.2) is 65.7 Å². The van der Waals surface area contributed by atoms with E-state index in [4.69, 9.17) is 30.8 Å². The third-order valence-corrected chi connectivity index (χ3v) is 15.3. The van der Waals surface area contributed by atoms with Crippen molar-refractivity contribution in [1.29, 1.82) is 0 Å². The molecular weight excluding hydrogens is 938 g/mol. The number of hydrogen-bond acceptors (Lipinski definition) is 15. The summed E-state index contributed by atoms with van der Waals surface area (Å²) in [6.07, 6.45) is 3.50. The molecule has 70 heavy (non-hydrogen) atoms. The number of ether oxygens (including phenoxy) is 3. The molecule has 7 rings (SSSR count). The van der Waals surface area contributed by atoms with Crippen LogP contribution in [0.5, 0.6) is 5.75 Å². The van der Waals surface area contributed by atoms with Crippen molar-refractivity contribution in [2.45, 2.75) is 88.5 Å². The zero-order valence-corrected chi connectivity index (χ0v) is 41.8. The Bertz CT molecular complexity index is 2710. The lowest BCUT2D eigenvalue weighted by atomic mass is 9.86. The maximum Gasteiger partial charge on any atom is 0.264 e. The summed E-state index contributed by atoms with van der Waals surface area (Å²) < 4.78 is 31.4. The second-order valence-electron chi connectivity index (χ2n) is 18.0. The number of benzene rings is 3. The number of anilines is 5. The summed E-state index contributed by atoms with van der Waals surface area (Å²) in [5.41, 5.74) is 4.23. The number of para-hydroxylation sites is 1. The molecule has 3 aromatic carbocycles. The highest BCUT2D eigenvalue weighted by molar-refractivity contribution is 8.01. The maximum atomic E-state index is 13.5. The van der Waals surface area contributed by atoms with Gasteiger partial charge >= 0.3 is 0 Å². The number of amides is 5. The first-order valence-electron chi connectivity index (χ1n) is 23.6. The van der Waals surface area contributed by atoms with Gasteiger partial charge < -0.3 is 40.4 Å². The van der Waals surface area contributed by atoms with E-state index in [1.54, 1.807) is 12.1 Å². The average molecular weight is 1000 g/mol. The predicted molar refractivity (Wildman–Crippen MR) is 270 cm³/mol. The van der Waals surface area contributed by atoms with E-state index in [0.717, 1.165) is 48.6 Å². The minimum atomic E-state index is -2.59. The van der Waals surface area contributed by atoms with Crippen molar-refractivity contribution in [3.05, 3.63) is 88.1 Å². The van der Waals surface area contributed by atoms with Gasteiger partial charge in [-0.15, -0.1) is 0 Å². The summed E-state index contributed by atoms with van der Waals surface area (Å²) in [6.45, 7) is 14.3. The first-order valence-corrected chi connectivity index (χ1v) is 25.7. The standard InChI is InChI=1S/C50H62ClN9O9S/c1-30(2)69-41-27-35(32(5)26-39(41)56-50-54-28-36(51)46(58-50)55-37-11-7-8-13-42(37)70(6,66)31(3)4)33-16-19-59(20-17-33)21-23-68-25-24-67-22-18-52-44(62)29-53-38-12-9-10-34-45(38)49(65)60(48(34)64)40-14-15-43(61)57-47(40)63/h7-13,26-28,30-31,33,40,53H,6,14-25,29H2,1-5H3,(H,52,62)(H,57,61,63)(H2,54,55,56,58). The fourth-order valence-electron chi connectivity index (χ4n) is 8.63. The molecular formula is C50H62ClN9O9S. The van der Waals surface area contributed by atoms with E-state index < -0.39 is 39.2 Å². The van der Waals surface area contributed by atoms with Crippen LogP contribution in [0, 0.1) is 6.92 Å². The summed E-state index contributed by atoms with van der Waals surface area (Å²) in [4.78, 5) is 76.0. The van der Waals surface area contributed by atoms with Gasteiger partial charge in [0.15, 0.2) is 5.82 Å². The summed E-state index contributed by atoms with van der Waals surface area (Å²) in [6, 6.07) is 15.1. The molecule has 0 spiro atoms. The lowest BCUT2D eigenvalue weighted by Gasteiger charge is -2.33. The first kappa shape index (κ1) is 51.7. The van der Waals surface area contributed by atoms with Crippen molar-refractivity contribution in [3.63, 3.8) is 0 Å². The molecule has 3 aliphatic heterocycles. The van der Waals surface area contributed by atoms with Gasteiger partial charge in [-0.25, -0.2) is 4.98 Å². The van der Waals surface area contributed by atoms with Crippen LogP contribution < -0.4 is 31.3 Å². The Labute approximate surface area is 414 Å². The molecule has 3 aliphatic rings. The lowest BCUT2D eigenvalue weighted by molar-refractivity contribution is -0.136. The zero-order chi connectivity index (χ0) is 50.1. The van der Waals surface area contributed by atoms with Gasteiger partial charge in [-0.2, -0.15) is 4.98 Å². The SMILES string of the molecule is C=S(=O)(c1ccccc1Nc1nc(Nc2cc(C)c(C3CCN(CCOCCOCCNC(=O)CNc4cccc5c4C(=O)N(C4CCC(=O)NC4=O)C5=O)CC3)cc2OC(C)C)ncc1Cl)C(C)C. The average Bonchev–Trinajstić information content (AvgIpc) is 3.58. The van der Waals surface area contributed by atoms with Gasteiger partial charge in [0.05, 0.1) is 72.7 Å². The monoisotopic (exact) mass is 999 g/mol. The number of aryl methyl sites for hydroxylation is 1. The van der Waals surface area contributed by atoms with Gasteiger partial charge in [0.2, 0.25) is 23.7 Å².